The van der Waals surface area contributed by atoms with Crippen LogP contribution in [0.4, 0.5) is 15.8 Å². The van der Waals surface area contributed by atoms with Crippen molar-refractivity contribution in [3.63, 3.8) is 0 Å². The van der Waals surface area contributed by atoms with Crippen LogP contribution in [0.5, 0.6) is 0 Å². The number of pyridine rings is 1. The fourth-order valence-corrected chi connectivity index (χ4v) is 4.78. The highest BCUT2D eigenvalue weighted by Crippen LogP contribution is 2.33. The molecule has 0 atom stereocenters. The number of benzene rings is 2. The number of carbonyl (C=O) groups is 1. The van der Waals surface area contributed by atoms with E-state index in [1.807, 2.05) is 23.1 Å². The molecule has 160 valence electrons. The predicted molar refractivity (Wildman–Crippen MR) is 123 cm³/mol. The van der Waals surface area contributed by atoms with Crippen molar-refractivity contribution in [3.8, 4) is 0 Å². The van der Waals surface area contributed by atoms with Crippen molar-refractivity contribution in [2.75, 3.05) is 49.1 Å². The van der Waals surface area contributed by atoms with Crippen LogP contribution in [0.25, 0.3) is 10.9 Å². The topological polar surface area (TPSA) is 39.7 Å². The van der Waals surface area contributed by atoms with Gasteiger partial charge in [0.15, 0.2) is 0 Å². The van der Waals surface area contributed by atoms with Gasteiger partial charge in [0.2, 0.25) is 0 Å². The minimum absolute atomic E-state index is 0.0107. The molecule has 2 aromatic carbocycles. The lowest BCUT2D eigenvalue weighted by Crippen LogP contribution is -2.47. The molecular weight excluding hydrogens is 415 g/mol. The van der Waals surface area contributed by atoms with Gasteiger partial charge in [-0.2, -0.15) is 0 Å². The van der Waals surface area contributed by atoms with Gasteiger partial charge in [-0.15, -0.1) is 0 Å². The molecule has 2 aliphatic heterocycles. The van der Waals surface area contributed by atoms with Gasteiger partial charge in [-0.05, 0) is 49.2 Å². The number of aromatic nitrogens is 1. The largest absolute Gasteiger partial charge is 0.368 e. The zero-order valence-corrected chi connectivity index (χ0v) is 18.0. The third kappa shape index (κ3) is 3.92. The molecule has 5 nitrogen and oxygen atoms in total. The second-order valence-electron chi connectivity index (χ2n) is 8.14. The van der Waals surface area contributed by atoms with E-state index in [-0.39, 0.29) is 11.7 Å². The van der Waals surface area contributed by atoms with E-state index in [1.165, 1.54) is 12.1 Å². The minimum atomic E-state index is -0.320. The van der Waals surface area contributed by atoms with Gasteiger partial charge in [-0.3, -0.25) is 9.78 Å². The summed E-state index contributed by atoms with van der Waals surface area (Å²) in [6.45, 7) is 4.56. The molecule has 0 saturated carbocycles. The van der Waals surface area contributed by atoms with Crippen molar-refractivity contribution in [3.05, 3.63) is 65.1 Å². The molecule has 0 unspecified atom stereocenters. The molecule has 0 bridgehead atoms. The van der Waals surface area contributed by atoms with Crippen LogP contribution >= 0.6 is 11.6 Å². The van der Waals surface area contributed by atoms with Gasteiger partial charge < -0.3 is 14.7 Å². The van der Waals surface area contributed by atoms with E-state index in [4.69, 9.17) is 11.6 Å². The van der Waals surface area contributed by atoms with Crippen molar-refractivity contribution in [1.29, 1.82) is 0 Å². The molecule has 3 heterocycles. The van der Waals surface area contributed by atoms with E-state index in [0.717, 1.165) is 63.5 Å². The van der Waals surface area contributed by atoms with Gasteiger partial charge in [0.25, 0.3) is 5.91 Å². The van der Waals surface area contributed by atoms with Crippen LogP contribution in [-0.2, 0) is 0 Å². The Hall–Kier alpha value is -2.86. The molecule has 3 aromatic rings. The third-order valence-corrected chi connectivity index (χ3v) is 6.43. The molecule has 2 saturated heterocycles. The number of hydrogen-bond acceptors (Lipinski definition) is 4. The van der Waals surface area contributed by atoms with E-state index in [0.29, 0.717) is 21.5 Å². The molecule has 5 rings (SSSR count). The zero-order valence-electron chi connectivity index (χ0n) is 17.2. The van der Waals surface area contributed by atoms with Crippen LogP contribution in [0.15, 0.2) is 48.7 Å². The summed E-state index contributed by atoms with van der Waals surface area (Å²) in [5.41, 5.74) is 3.15. The Morgan fingerprint density at radius 3 is 2.42 bits per heavy atom. The Morgan fingerprint density at radius 1 is 0.935 bits per heavy atom. The lowest BCUT2D eigenvalue weighted by molar-refractivity contribution is 0.0793. The van der Waals surface area contributed by atoms with Crippen LogP contribution in [0, 0.1) is 5.82 Å². The van der Waals surface area contributed by atoms with E-state index in [2.05, 4.69) is 20.9 Å². The Bertz CT molecular complexity index is 1120. The lowest BCUT2D eigenvalue weighted by atomic mass is 10.1. The van der Waals surface area contributed by atoms with Gasteiger partial charge >= 0.3 is 0 Å². The average molecular weight is 439 g/mol. The van der Waals surface area contributed by atoms with Crippen LogP contribution in [0.1, 0.15) is 23.2 Å². The number of likely N-dealkylation sites (tertiary alicyclic amines) is 1. The van der Waals surface area contributed by atoms with Gasteiger partial charge in [0, 0.05) is 61.6 Å². The second kappa shape index (κ2) is 8.35. The average Bonchev–Trinajstić information content (AvgIpc) is 3.33. The molecule has 31 heavy (non-hydrogen) atoms. The molecule has 1 amide bonds. The highest BCUT2D eigenvalue weighted by molar-refractivity contribution is 6.30. The van der Waals surface area contributed by atoms with Gasteiger partial charge in [-0.25, -0.2) is 4.39 Å². The van der Waals surface area contributed by atoms with E-state index < -0.39 is 0 Å². The maximum atomic E-state index is 14.2. The molecule has 0 aliphatic carbocycles. The highest BCUT2D eigenvalue weighted by Gasteiger charge is 2.28. The third-order valence-electron chi connectivity index (χ3n) is 6.19. The molecule has 2 fully saturated rings. The number of hydrogen-bond donors (Lipinski definition) is 0. The number of piperazine rings is 1. The fraction of sp³-hybridized carbons (Fsp3) is 0.333. The molecule has 0 radical (unpaired) electrons. The number of fused-ring (bicyclic) bond motifs is 1. The molecule has 0 spiro atoms. The van der Waals surface area contributed by atoms with E-state index in [9.17, 15) is 9.18 Å². The molecule has 2 aliphatic rings. The number of anilines is 2. The summed E-state index contributed by atoms with van der Waals surface area (Å²) in [5, 5.41) is 1.41. The fourth-order valence-electron chi connectivity index (χ4n) is 4.60. The Morgan fingerprint density at radius 2 is 1.68 bits per heavy atom. The standard InChI is InChI=1S/C24H24ClFN4O/c25-17-4-3-5-19(14-17)28-10-12-29(13-11-28)23-20-15-18(26)6-7-22(20)27-16-21(23)24(31)30-8-1-2-9-30/h3-7,14-16H,1-2,8-13H2. The minimum Gasteiger partial charge on any atom is -0.368 e. The van der Waals surface area contributed by atoms with Crippen molar-refractivity contribution >= 4 is 39.8 Å². The maximum absolute atomic E-state index is 14.2. The van der Waals surface area contributed by atoms with Crippen LogP contribution < -0.4 is 9.80 Å². The normalized spacial score (nSPS) is 16.9. The lowest BCUT2D eigenvalue weighted by Gasteiger charge is -2.38. The smallest absolute Gasteiger partial charge is 0.257 e. The second-order valence-corrected chi connectivity index (χ2v) is 8.57. The molecule has 7 heteroatoms. The Labute approximate surface area is 186 Å². The summed E-state index contributed by atoms with van der Waals surface area (Å²) in [4.78, 5) is 24.2. The quantitative estimate of drug-likeness (QED) is 0.599. The van der Waals surface area contributed by atoms with Gasteiger partial charge in [0.05, 0.1) is 16.8 Å². The summed E-state index contributed by atoms with van der Waals surface area (Å²) >= 11 is 6.16. The van der Waals surface area contributed by atoms with Gasteiger partial charge in [0.1, 0.15) is 5.82 Å². The number of carbonyl (C=O) groups excluding carboxylic acids is 1. The predicted octanol–water partition coefficient (Wildman–Crippen LogP) is 4.59. The first-order valence-corrected chi connectivity index (χ1v) is 11.1. The SMILES string of the molecule is O=C(c1cnc2ccc(F)cc2c1N1CCN(c2cccc(Cl)c2)CC1)N1CCCC1. The summed E-state index contributed by atoms with van der Waals surface area (Å²) in [6, 6.07) is 12.4. The monoisotopic (exact) mass is 438 g/mol. The van der Waals surface area contributed by atoms with E-state index >= 15 is 0 Å². The van der Waals surface area contributed by atoms with Gasteiger partial charge in [-0.1, -0.05) is 17.7 Å². The summed E-state index contributed by atoms with van der Waals surface area (Å²) in [6.07, 6.45) is 3.71. The Kier molecular flexibility index (Phi) is 5.40. The number of rotatable bonds is 3. The van der Waals surface area contributed by atoms with Crippen molar-refractivity contribution in [2.45, 2.75) is 12.8 Å². The summed E-state index contributed by atoms with van der Waals surface area (Å²) < 4.78 is 14.2. The number of nitrogens with zero attached hydrogens (tertiary/aromatic N) is 4. The van der Waals surface area contributed by atoms with Crippen molar-refractivity contribution in [2.24, 2.45) is 0 Å². The van der Waals surface area contributed by atoms with Crippen LogP contribution in [-0.4, -0.2) is 55.1 Å². The first kappa shape index (κ1) is 20.1. The van der Waals surface area contributed by atoms with Crippen molar-refractivity contribution in [1.82, 2.24) is 9.88 Å². The van der Waals surface area contributed by atoms with E-state index in [1.54, 1.807) is 12.3 Å². The Balaban J connectivity index is 1.50. The summed E-state index contributed by atoms with van der Waals surface area (Å²) in [7, 11) is 0. The number of halogens is 2. The number of amides is 1. The van der Waals surface area contributed by atoms with Crippen LogP contribution in [0.3, 0.4) is 0 Å². The first-order valence-electron chi connectivity index (χ1n) is 10.7. The zero-order chi connectivity index (χ0) is 21.4. The summed E-state index contributed by atoms with van der Waals surface area (Å²) in [5.74, 6) is -0.331. The van der Waals surface area contributed by atoms with Crippen LogP contribution in [0.2, 0.25) is 5.02 Å². The molecule has 0 N–H and O–H groups in total. The molecular formula is C24H24ClFN4O. The maximum Gasteiger partial charge on any atom is 0.257 e. The van der Waals surface area contributed by atoms with Crippen molar-refractivity contribution < 1.29 is 9.18 Å². The first-order chi connectivity index (χ1) is 15.1. The molecule has 1 aromatic heterocycles. The highest BCUT2D eigenvalue weighted by atomic mass is 35.5.